The molecule has 3 heteroatoms. The van der Waals surface area contributed by atoms with E-state index in [1.165, 1.54) is 29.7 Å². The largest absolute Gasteiger partial charge is 0.308 e. The zero-order valence-electron chi connectivity index (χ0n) is 10.6. The van der Waals surface area contributed by atoms with Crippen LogP contribution in [0.25, 0.3) is 0 Å². The number of hydrogen-bond acceptors (Lipinski definition) is 3. The molecule has 0 radical (unpaired) electrons. The van der Waals surface area contributed by atoms with Crippen molar-refractivity contribution in [2.75, 3.05) is 0 Å². The number of rotatable bonds is 4. The highest BCUT2D eigenvalue weighted by atomic mass is 32.1. The number of hydrogen-bond donors (Lipinski definition) is 1. The van der Waals surface area contributed by atoms with Gasteiger partial charge in [0.15, 0.2) is 0 Å². The van der Waals surface area contributed by atoms with Crippen molar-refractivity contribution in [1.29, 1.82) is 0 Å². The number of thiazole rings is 1. The van der Waals surface area contributed by atoms with Gasteiger partial charge in [0.05, 0.1) is 11.2 Å². The molecule has 1 aromatic heterocycles. The van der Waals surface area contributed by atoms with Crippen LogP contribution in [0.4, 0.5) is 0 Å². The molecule has 2 aromatic rings. The van der Waals surface area contributed by atoms with Crippen LogP contribution in [0.15, 0.2) is 35.2 Å². The van der Waals surface area contributed by atoms with E-state index in [4.69, 9.17) is 0 Å². The van der Waals surface area contributed by atoms with Gasteiger partial charge in [-0.15, -0.1) is 11.3 Å². The summed E-state index contributed by atoms with van der Waals surface area (Å²) in [7, 11) is 0. The molecule has 1 aromatic carbocycles. The second kappa shape index (κ2) is 5.21. The number of aromatic nitrogens is 1. The third-order valence-electron chi connectivity index (χ3n) is 3.82. The maximum absolute atomic E-state index is 4.29. The lowest BCUT2D eigenvalue weighted by Gasteiger charge is -2.37. The number of nitrogens with one attached hydrogen (secondary N) is 1. The van der Waals surface area contributed by atoms with Crippen LogP contribution in [0.2, 0.25) is 0 Å². The molecule has 0 atom stereocenters. The Morgan fingerprint density at radius 1 is 1.33 bits per heavy atom. The van der Waals surface area contributed by atoms with Gasteiger partial charge in [0, 0.05) is 18.0 Å². The highest BCUT2D eigenvalue weighted by Crippen LogP contribution is 2.38. The van der Waals surface area contributed by atoms with Crippen LogP contribution in [-0.4, -0.2) is 11.0 Å². The van der Waals surface area contributed by atoms with Gasteiger partial charge >= 0.3 is 0 Å². The van der Waals surface area contributed by atoms with Crippen molar-refractivity contribution in [3.8, 4) is 0 Å². The molecule has 1 saturated carbocycles. The highest BCUT2D eigenvalue weighted by Gasteiger charge is 2.30. The maximum atomic E-state index is 4.29. The van der Waals surface area contributed by atoms with Crippen molar-refractivity contribution in [3.63, 3.8) is 0 Å². The molecular weight excluding hydrogens is 240 g/mol. The Morgan fingerprint density at radius 3 is 2.89 bits per heavy atom. The predicted molar refractivity (Wildman–Crippen MR) is 75.9 cm³/mol. The molecule has 1 fully saturated rings. The Kier molecular flexibility index (Phi) is 3.43. The maximum Gasteiger partial charge on any atom is 0.0795 e. The van der Waals surface area contributed by atoms with Crippen LogP contribution in [0, 0.1) is 6.92 Å². The van der Waals surface area contributed by atoms with E-state index in [-0.39, 0.29) is 0 Å². The summed E-state index contributed by atoms with van der Waals surface area (Å²) in [5.41, 5.74) is 6.03. The minimum atomic E-state index is 0.663. The van der Waals surface area contributed by atoms with Gasteiger partial charge < -0.3 is 5.32 Å². The fourth-order valence-electron chi connectivity index (χ4n) is 2.66. The fourth-order valence-corrected chi connectivity index (χ4v) is 3.22. The molecule has 1 aliphatic carbocycles. The van der Waals surface area contributed by atoms with E-state index in [2.05, 4.69) is 46.9 Å². The Hall–Kier alpha value is -1.19. The van der Waals surface area contributed by atoms with Gasteiger partial charge in [0.1, 0.15) is 0 Å². The summed E-state index contributed by atoms with van der Waals surface area (Å²) in [6.07, 6.45) is 2.52. The first-order valence-electron chi connectivity index (χ1n) is 6.49. The van der Waals surface area contributed by atoms with Crippen LogP contribution in [-0.2, 0) is 6.54 Å². The van der Waals surface area contributed by atoms with E-state index in [1.54, 1.807) is 11.3 Å². The molecule has 3 rings (SSSR count). The molecule has 0 saturated heterocycles. The first-order chi connectivity index (χ1) is 8.83. The van der Waals surface area contributed by atoms with Gasteiger partial charge in [0.2, 0.25) is 0 Å². The van der Waals surface area contributed by atoms with Gasteiger partial charge in [-0.25, -0.2) is 4.98 Å². The van der Waals surface area contributed by atoms with Gasteiger partial charge in [0.25, 0.3) is 0 Å². The van der Waals surface area contributed by atoms with E-state index < -0.39 is 0 Å². The SMILES string of the molecule is Cc1ccccc1C1CC(NCc2cscn2)C1. The van der Waals surface area contributed by atoms with Crippen LogP contribution >= 0.6 is 11.3 Å². The number of aryl methyl sites for hydroxylation is 1. The molecule has 0 aliphatic heterocycles. The van der Waals surface area contributed by atoms with Crippen molar-refractivity contribution in [1.82, 2.24) is 10.3 Å². The van der Waals surface area contributed by atoms with Gasteiger partial charge in [-0.2, -0.15) is 0 Å². The minimum Gasteiger partial charge on any atom is -0.308 e. The molecule has 1 aliphatic rings. The van der Waals surface area contributed by atoms with E-state index in [0.717, 1.165) is 12.5 Å². The first kappa shape index (κ1) is 11.9. The summed E-state index contributed by atoms with van der Waals surface area (Å²) in [6, 6.07) is 9.42. The van der Waals surface area contributed by atoms with Crippen LogP contribution in [0.3, 0.4) is 0 Å². The predicted octanol–water partition coefficient (Wildman–Crippen LogP) is 3.49. The normalized spacial score (nSPS) is 22.7. The third kappa shape index (κ3) is 2.47. The molecule has 94 valence electrons. The van der Waals surface area contributed by atoms with Gasteiger partial charge in [-0.05, 0) is 36.8 Å². The Balaban J connectivity index is 1.50. The monoisotopic (exact) mass is 258 g/mol. The van der Waals surface area contributed by atoms with Crippen LogP contribution in [0.1, 0.15) is 35.6 Å². The summed E-state index contributed by atoms with van der Waals surface area (Å²) in [5, 5.41) is 5.70. The first-order valence-corrected chi connectivity index (χ1v) is 7.43. The quantitative estimate of drug-likeness (QED) is 0.908. The summed E-state index contributed by atoms with van der Waals surface area (Å²) in [6.45, 7) is 3.13. The topological polar surface area (TPSA) is 24.9 Å². The van der Waals surface area contributed by atoms with Crippen molar-refractivity contribution in [2.45, 2.75) is 38.3 Å². The molecule has 18 heavy (non-hydrogen) atoms. The summed E-state index contributed by atoms with van der Waals surface area (Å²) >= 11 is 1.67. The molecule has 1 N–H and O–H groups in total. The molecule has 0 amide bonds. The average Bonchev–Trinajstić information content (AvgIpc) is 2.82. The minimum absolute atomic E-state index is 0.663. The fraction of sp³-hybridized carbons (Fsp3) is 0.400. The van der Waals surface area contributed by atoms with Crippen LogP contribution < -0.4 is 5.32 Å². The average molecular weight is 258 g/mol. The smallest absolute Gasteiger partial charge is 0.0795 e. The second-order valence-corrected chi connectivity index (χ2v) is 5.80. The number of nitrogens with zero attached hydrogens (tertiary/aromatic N) is 1. The molecule has 2 nitrogen and oxygen atoms in total. The van der Waals surface area contributed by atoms with E-state index in [0.29, 0.717) is 6.04 Å². The molecule has 0 bridgehead atoms. The Labute approximate surface area is 112 Å². The van der Waals surface area contributed by atoms with Crippen molar-refractivity contribution < 1.29 is 0 Å². The summed E-state index contributed by atoms with van der Waals surface area (Å²) < 4.78 is 0. The second-order valence-electron chi connectivity index (χ2n) is 5.08. The van der Waals surface area contributed by atoms with Crippen LogP contribution in [0.5, 0.6) is 0 Å². The van der Waals surface area contributed by atoms with E-state index >= 15 is 0 Å². The molecule has 0 spiro atoms. The lowest BCUT2D eigenvalue weighted by atomic mass is 9.74. The lowest BCUT2D eigenvalue weighted by molar-refractivity contribution is 0.288. The number of benzene rings is 1. The third-order valence-corrected chi connectivity index (χ3v) is 4.46. The summed E-state index contributed by atoms with van der Waals surface area (Å²) in [5.74, 6) is 0.749. The standard InChI is InChI=1S/C15H18N2S/c1-11-4-2-3-5-15(11)12-6-13(7-12)16-8-14-9-18-10-17-14/h2-5,9-10,12-13,16H,6-8H2,1H3. The Bertz CT molecular complexity index is 501. The highest BCUT2D eigenvalue weighted by molar-refractivity contribution is 7.07. The molecular formula is C15H18N2S. The van der Waals surface area contributed by atoms with Crippen molar-refractivity contribution >= 4 is 11.3 Å². The van der Waals surface area contributed by atoms with E-state index in [1.807, 2.05) is 5.51 Å². The zero-order valence-corrected chi connectivity index (χ0v) is 11.4. The van der Waals surface area contributed by atoms with Gasteiger partial charge in [-0.3, -0.25) is 0 Å². The zero-order chi connectivity index (χ0) is 12.4. The molecule has 0 unspecified atom stereocenters. The van der Waals surface area contributed by atoms with Crippen molar-refractivity contribution in [2.24, 2.45) is 0 Å². The molecule has 1 heterocycles. The summed E-state index contributed by atoms with van der Waals surface area (Å²) in [4.78, 5) is 4.29. The van der Waals surface area contributed by atoms with E-state index in [9.17, 15) is 0 Å². The Morgan fingerprint density at radius 2 is 2.17 bits per heavy atom. The van der Waals surface area contributed by atoms with Gasteiger partial charge in [-0.1, -0.05) is 24.3 Å². The van der Waals surface area contributed by atoms with Crippen molar-refractivity contribution in [3.05, 3.63) is 52.0 Å². The lowest BCUT2D eigenvalue weighted by Crippen LogP contribution is -2.39.